The van der Waals surface area contributed by atoms with Crippen molar-refractivity contribution in [3.05, 3.63) is 98.2 Å². The van der Waals surface area contributed by atoms with Gasteiger partial charge in [-0.05, 0) is 54.2 Å². The van der Waals surface area contributed by atoms with E-state index in [9.17, 15) is 24.5 Å². The Morgan fingerprint density at radius 1 is 1.09 bits per heavy atom. The van der Waals surface area contributed by atoms with Crippen molar-refractivity contribution < 1.29 is 19.3 Å². The Morgan fingerprint density at radius 3 is 2.56 bits per heavy atom. The average Bonchev–Trinajstić information content (AvgIpc) is 3.34. The van der Waals surface area contributed by atoms with Crippen LogP contribution in [0.15, 0.2) is 71.8 Å². The van der Waals surface area contributed by atoms with Crippen LogP contribution >= 0.6 is 23.4 Å². The molecule has 9 nitrogen and oxygen atoms in total. The minimum atomic E-state index is -0.584. The van der Waals surface area contributed by atoms with Gasteiger partial charge < -0.3 is 9.88 Å². The summed E-state index contributed by atoms with van der Waals surface area (Å²) >= 11 is 6.56. The number of imide groups is 1. The summed E-state index contributed by atoms with van der Waals surface area (Å²) in [5.74, 6) is -1.11. The number of hydrogen-bond acceptors (Lipinski definition) is 6. The van der Waals surface area contributed by atoms with Gasteiger partial charge in [-0.3, -0.25) is 29.4 Å². The van der Waals surface area contributed by atoms with Gasteiger partial charge in [0, 0.05) is 34.2 Å². The molecule has 0 aliphatic carbocycles. The predicted octanol–water partition coefficient (Wildman–Crippen LogP) is 4.77. The van der Waals surface area contributed by atoms with E-state index in [4.69, 9.17) is 11.6 Å². The minimum absolute atomic E-state index is 0.00539. The number of anilines is 1. The fraction of sp³-hybridized carbons (Fsp3) is 0.0870. The first kappa shape index (κ1) is 23.3. The molecule has 0 unspecified atom stereocenters. The number of nitrogens with zero attached hydrogens (tertiary/aromatic N) is 3. The second kappa shape index (κ2) is 9.94. The molecule has 2 aromatic carbocycles. The van der Waals surface area contributed by atoms with Gasteiger partial charge in [0.05, 0.1) is 16.4 Å². The zero-order valence-electron chi connectivity index (χ0n) is 17.5. The fourth-order valence-corrected chi connectivity index (χ4v) is 4.31. The molecule has 1 aliphatic heterocycles. The zero-order valence-corrected chi connectivity index (χ0v) is 19.1. The molecule has 4 rings (SSSR count). The fourth-order valence-electron chi connectivity index (χ4n) is 3.36. The van der Waals surface area contributed by atoms with Crippen molar-refractivity contribution in [1.82, 2.24) is 9.47 Å². The molecule has 34 heavy (non-hydrogen) atoms. The normalized spacial score (nSPS) is 14.6. The van der Waals surface area contributed by atoms with Gasteiger partial charge in [-0.1, -0.05) is 29.8 Å². The molecule has 0 radical (unpaired) electrons. The van der Waals surface area contributed by atoms with Crippen LogP contribution in [-0.2, 0) is 16.1 Å². The van der Waals surface area contributed by atoms with Crippen molar-refractivity contribution in [3.63, 3.8) is 0 Å². The van der Waals surface area contributed by atoms with Crippen LogP contribution in [0.3, 0.4) is 0 Å². The number of amides is 3. The lowest BCUT2D eigenvalue weighted by Crippen LogP contribution is -2.36. The van der Waals surface area contributed by atoms with Crippen molar-refractivity contribution >= 4 is 57.9 Å². The number of nitro benzene ring substituents is 1. The van der Waals surface area contributed by atoms with E-state index < -0.39 is 28.5 Å². The first-order chi connectivity index (χ1) is 16.3. The lowest BCUT2D eigenvalue weighted by atomic mass is 10.2. The molecule has 1 saturated heterocycles. The topological polar surface area (TPSA) is 115 Å². The molecule has 1 N–H and O–H groups in total. The number of nitro groups is 1. The Hall–Kier alpha value is -3.89. The summed E-state index contributed by atoms with van der Waals surface area (Å²) in [7, 11) is 0. The summed E-state index contributed by atoms with van der Waals surface area (Å²) in [5.41, 5.74) is 1.58. The van der Waals surface area contributed by atoms with Gasteiger partial charge in [-0.25, -0.2) is 0 Å². The third kappa shape index (κ3) is 5.19. The number of aromatic nitrogens is 1. The van der Waals surface area contributed by atoms with Crippen molar-refractivity contribution in [3.8, 4) is 0 Å². The number of hydrogen-bond donors (Lipinski definition) is 1. The highest BCUT2D eigenvalue weighted by atomic mass is 35.5. The van der Waals surface area contributed by atoms with Crippen LogP contribution in [0.1, 0.15) is 11.3 Å². The van der Waals surface area contributed by atoms with Gasteiger partial charge in [0.1, 0.15) is 6.54 Å². The van der Waals surface area contributed by atoms with Gasteiger partial charge in [0.15, 0.2) is 0 Å². The number of nitrogens with one attached hydrogen (secondary N) is 1. The quantitative estimate of drug-likeness (QED) is 0.286. The maximum atomic E-state index is 12.8. The second-order valence-electron chi connectivity index (χ2n) is 7.27. The Balaban J connectivity index is 1.48. The van der Waals surface area contributed by atoms with Crippen molar-refractivity contribution in [2.24, 2.45) is 0 Å². The molecular weight excluding hydrogens is 480 g/mol. The van der Waals surface area contributed by atoms with E-state index >= 15 is 0 Å². The Labute approximate surface area is 203 Å². The van der Waals surface area contributed by atoms with E-state index in [0.717, 1.165) is 16.7 Å². The molecule has 1 aliphatic rings. The van der Waals surface area contributed by atoms with Crippen LogP contribution in [0, 0.1) is 10.1 Å². The molecule has 0 atom stereocenters. The third-order valence-corrected chi connectivity index (χ3v) is 6.14. The number of benzene rings is 2. The van der Waals surface area contributed by atoms with E-state index in [1.54, 1.807) is 65.4 Å². The van der Waals surface area contributed by atoms with Crippen molar-refractivity contribution in [1.29, 1.82) is 0 Å². The smallest absolute Gasteiger partial charge is 0.294 e. The van der Waals surface area contributed by atoms with Crippen LogP contribution in [-0.4, -0.2) is 38.0 Å². The van der Waals surface area contributed by atoms with E-state index in [2.05, 4.69) is 5.32 Å². The minimum Gasteiger partial charge on any atom is -0.343 e. The molecule has 0 saturated carbocycles. The maximum Gasteiger partial charge on any atom is 0.294 e. The highest BCUT2D eigenvalue weighted by molar-refractivity contribution is 8.18. The molecule has 3 amide bonds. The highest BCUT2D eigenvalue weighted by Gasteiger charge is 2.36. The van der Waals surface area contributed by atoms with Crippen molar-refractivity contribution in [2.45, 2.75) is 6.54 Å². The van der Waals surface area contributed by atoms with Crippen LogP contribution in [0.25, 0.3) is 6.08 Å². The summed E-state index contributed by atoms with van der Waals surface area (Å²) in [6, 6.07) is 16.3. The number of carbonyl (C=O) groups excluding carboxylic acids is 3. The van der Waals surface area contributed by atoms with Gasteiger partial charge in [0.25, 0.3) is 16.8 Å². The number of halogens is 1. The summed E-state index contributed by atoms with van der Waals surface area (Å²) in [5, 5.41) is 13.9. The van der Waals surface area contributed by atoms with E-state index in [-0.39, 0.29) is 17.1 Å². The van der Waals surface area contributed by atoms with Gasteiger partial charge in [-0.2, -0.15) is 0 Å². The summed E-state index contributed by atoms with van der Waals surface area (Å²) in [6.07, 6.45) is 3.27. The SMILES string of the molecule is O=C(CN1C(=O)S/C(=C/c2cccn2Cc2ccccc2[N+](=O)[O-])C1=O)Nc1ccc(Cl)cc1. The second-order valence-corrected chi connectivity index (χ2v) is 8.70. The maximum absolute atomic E-state index is 12.8. The number of carbonyl (C=O) groups is 3. The standard InChI is InChI=1S/C23H17ClN4O5S/c24-16-7-9-17(10-8-16)25-21(29)14-27-22(30)20(34-23(27)31)12-18-5-3-11-26(18)13-15-4-1-2-6-19(15)28(32)33/h1-12H,13-14H2,(H,25,29)/b20-12+. The van der Waals surface area contributed by atoms with Gasteiger partial charge >= 0.3 is 0 Å². The number of rotatable bonds is 7. The summed E-state index contributed by atoms with van der Waals surface area (Å²) < 4.78 is 1.74. The van der Waals surface area contributed by atoms with E-state index in [1.165, 1.54) is 12.1 Å². The molecular formula is C23H17ClN4O5S. The molecule has 1 fully saturated rings. The number of para-hydroxylation sites is 1. The van der Waals surface area contributed by atoms with E-state index in [1.807, 2.05) is 0 Å². The van der Waals surface area contributed by atoms with E-state index in [0.29, 0.717) is 22.0 Å². The summed E-state index contributed by atoms with van der Waals surface area (Å²) in [4.78, 5) is 49.4. The Morgan fingerprint density at radius 2 is 1.82 bits per heavy atom. The molecule has 1 aromatic heterocycles. The lowest BCUT2D eigenvalue weighted by molar-refractivity contribution is -0.385. The molecule has 0 spiro atoms. The Bertz CT molecular complexity index is 1320. The Kier molecular flexibility index (Phi) is 6.80. The van der Waals surface area contributed by atoms with Crippen molar-refractivity contribution in [2.75, 3.05) is 11.9 Å². The van der Waals surface area contributed by atoms with Crippen LogP contribution in [0.2, 0.25) is 5.02 Å². The molecule has 0 bridgehead atoms. The first-order valence-corrected chi connectivity index (χ1v) is 11.2. The van der Waals surface area contributed by atoms with Crippen LogP contribution in [0.5, 0.6) is 0 Å². The average molecular weight is 497 g/mol. The highest BCUT2D eigenvalue weighted by Crippen LogP contribution is 2.32. The largest absolute Gasteiger partial charge is 0.343 e. The lowest BCUT2D eigenvalue weighted by Gasteiger charge is -2.12. The monoisotopic (exact) mass is 496 g/mol. The molecule has 172 valence electrons. The van der Waals surface area contributed by atoms with Crippen LogP contribution < -0.4 is 5.32 Å². The third-order valence-electron chi connectivity index (χ3n) is 4.98. The van der Waals surface area contributed by atoms with Crippen LogP contribution in [0.4, 0.5) is 16.2 Å². The first-order valence-electron chi connectivity index (χ1n) is 10.00. The van der Waals surface area contributed by atoms with Gasteiger partial charge in [-0.15, -0.1) is 0 Å². The number of thioether (sulfide) groups is 1. The molecule has 2 heterocycles. The molecule has 11 heteroatoms. The predicted molar refractivity (Wildman–Crippen MR) is 129 cm³/mol. The molecule has 3 aromatic rings. The summed E-state index contributed by atoms with van der Waals surface area (Å²) in [6.45, 7) is -0.217. The zero-order chi connectivity index (χ0) is 24.2. The van der Waals surface area contributed by atoms with Gasteiger partial charge in [0.2, 0.25) is 5.91 Å².